The number of anilines is 1. The van der Waals surface area contributed by atoms with Crippen molar-refractivity contribution in [3.63, 3.8) is 0 Å². The standard InChI is InChI=1S/C28H40N2O9/c1-4-5-11-20-19(12-8-6-7-9-15-23(32)33)17(2)38-28(37)24(18(3)39-27(20)36)30-26(35)21-13-10-14-22(25(21)34)29-16-31/h10,13-14,16-20,24,34H,4-9,11-12,15H2,1-3H3,(H,29,31)(H,30,35)(H,32,33). The van der Waals surface area contributed by atoms with Crippen LogP contribution >= 0.6 is 0 Å². The van der Waals surface area contributed by atoms with Gasteiger partial charge in [-0.3, -0.25) is 19.2 Å². The largest absolute Gasteiger partial charge is 0.505 e. The highest BCUT2D eigenvalue weighted by Gasteiger charge is 2.41. The number of unbranched alkanes of at least 4 members (excludes halogenated alkanes) is 4. The van der Waals surface area contributed by atoms with Crippen molar-refractivity contribution >= 4 is 35.9 Å². The number of para-hydroxylation sites is 1. The first-order chi connectivity index (χ1) is 18.6. The molecule has 1 aromatic carbocycles. The van der Waals surface area contributed by atoms with Gasteiger partial charge in [0.1, 0.15) is 12.2 Å². The molecule has 11 heteroatoms. The van der Waals surface area contributed by atoms with E-state index in [-0.39, 0.29) is 23.6 Å². The number of ether oxygens (including phenoxy) is 2. The Balaban J connectivity index is 2.21. The van der Waals surface area contributed by atoms with Crippen LogP contribution in [0.4, 0.5) is 5.69 Å². The first-order valence-corrected chi connectivity index (χ1v) is 13.6. The molecule has 4 N–H and O–H groups in total. The van der Waals surface area contributed by atoms with E-state index in [1.807, 2.05) is 6.92 Å². The minimum Gasteiger partial charge on any atom is -0.505 e. The van der Waals surface area contributed by atoms with Gasteiger partial charge in [0.25, 0.3) is 5.91 Å². The molecule has 0 bridgehead atoms. The first kappa shape index (κ1) is 31.6. The van der Waals surface area contributed by atoms with Crippen molar-refractivity contribution < 1.29 is 43.7 Å². The molecule has 1 aromatic rings. The van der Waals surface area contributed by atoms with Gasteiger partial charge in [0.15, 0.2) is 11.8 Å². The molecule has 1 saturated heterocycles. The Morgan fingerprint density at radius 1 is 0.974 bits per heavy atom. The number of aromatic hydroxyl groups is 1. The molecule has 5 atom stereocenters. The lowest BCUT2D eigenvalue weighted by atomic mass is 9.81. The predicted octanol–water partition coefficient (Wildman–Crippen LogP) is 3.78. The third-order valence-electron chi connectivity index (χ3n) is 7.08. The number of rotatable bonds is 14. The van der Waals surface area contributed by atoms with Crippen molar-refractivity contribution in [3.05, 3.63) is 23.8 Å². The molecule has 1 aliphatic heterocycles. The number of aliphatic carboxylic acids is 1. The molecule has 0 radical (unpaired) electrons. The summed E-state index contributed by atoms with van der Waals surface area (Å²) in [7, 11) is 0. The predicted molar refractivity (Wildman–Crippen MR) is 142 cm³/mol. The monoisotopic (exact) mass is 548 g/mol. The zero-order chi connectivity index (χ0) is 28.9. The number of nitrogens with one attached hydrogen (secondary N) is 2. The van der Waals surface area contributed by atoms with E-state index in [1.165, 1.54) is 25.1 Å². The fourth-order valence-corrected chi connectivity index (χ4v) is 4.88. The first-order valence-electron chi connectivity index (χ1n) is 13.6. The second kappa shape index (κ2) is 15.7. The molecule has 0 spiro atoms. The van der Waals surface area contributed by atoms with Crippen LogP contribution < -0.4 is 10.6 Å². The normalized spacial score (nSPS) is 23.4. The van der Waals surface area contributed by atoms with Crippen molar-refractivity contribution in [1.82, 2.24) is 5.32 Å². The van der Waals surface area contributed by atoms with E-state index in [9.17, 15) is 29.1 Å². The zero-order valence-corrected chi connectivity index (χ0v) is 22.8. The lowest BCUT2D eigenvalue weighted by molar-refractivity contribution is -0.157. The number of hydrogen-bond acceptors (Lipinski definition) is 8. The molecule has 0 aliphatic carbocycles. The Morgan fingerprint density at radius 2 is 1.67 bits per heavy atom. The number of cyclic esters (lactones) is 2. The second-order valence-electron chi connectivity index (χ2n) is 9.96. The number of hydrogen-bond donors (Lipinski definition) is 4. The molecule has 2 rings (SSSR count). The van der Waals surface area contributed by atoms with Crippen LogP contribution in [0.2, 0.25) is 0 Å². The number of carboxylic acids is 1. The van der Waals surface area contributed by atoms with E-state index in [4.69, 9.17) is 14.6 Å². The van der Waals surface area contributed by atoms with E-state index in [2.05, 4.69) is 10.6 Å². The van der Waals surface area contributed by atoms with Crippen molar-refractivity contribution in [2.75, 3.05) is 5.32 Å². The Hall–Kier alpha value is -3.63. The lowest BCUT2D eigenvalue weighted by Gasteiger charge is -2.29. The smallest absolute Gasteiger partial charge is 0.332 e. The van der Waals surface area contributed by atoms with E-state index in [1.54, 1.807) is 6.92 Å². The highest BCUT2D eigenvalue weighted by molar-refractivity contribution is 6.01. The summed E-state index contributed by atoms with van der Waals surface area (Å²) in [5, 5.41) is 24.0. The molecule has 39 heavy (non-hydrogen) atoms. The molecule has 216 valence electrons. The SMILES string of the molecule is CCCCC1C(=O)OC(C)C(NC(=O)c2cccc(NC=O)c2O)C(=O)OC(C)C1CCCCCCC(=O)O. The summed E-state index contributed by atoms with van der Waals surface area (Å²) in [5.41, 5.74) is -0.157. The third kappa shape index (κ3) is 9.26. The molecule has 1 heterocycles. The third-order valence-corrected chi connectivity index (χ3v) is 7.08. The summed E-state index contributed by atoms with van der Waals surface area (Å²) in [5.74, 6) is -4.14. The average molecular weight is 549 g/mol. The number of amides is 2. The minimum absolute atomic E-state index is 0.0207. The van der Waals surface area contributed by atoms with Gasteiger partial charge in [-0.1, -0.05) is 45.1 Å². The highest BCUT2D eigenvalue weighted by Crippen LogP contribution is 2.33. The maximum absolute atomic E-state index is 13.3. The molecule has 1 fully saturated rings. The van der Waals surface area contributed by atoms with Crippen LogP contribution in [0.1, 0.15) is 88.9 Å². The molecule has 2 amide bonds. The van der Waals surface area contributed by atoms with Gasteiger partial charge in [0.05, 0.1) is 17.2 Å². The number of carbonyl (C=O) groups excluding carboxylic acids is 4. The zero-order valence-electron chi connectivity index (χ0n) is 22.8. The van der Waals surface area contributed by atoms with Crippen molar-refractivity contribution in [3.8, 4) is 5.75 Å². The molecular weight excluding hydrogens is 508 g/mol. The van der Waals surface area contributed by atoms with Crippen LogP contribution in [0.3, 0.4) is 0 Å². The Morgan fingerprint density at radius 3 is 2.33 bits per heavy atom. The van der Waals surface area contributed by atoms with Crippen LogP contribution in [0.5, 0.6) is 5.75 Å². The van der Waals surface area contributed by atoms with Gasteiger partial charge >= 0.3 is 17.9 Å². The van der Waals surface area contributed by atoms with E-state index in [0.29, 0.717) is 25.7 Å². The molecule has 11 nitrogen and oxygen atoms in total. The minimum atomic E-state index is -1.33. The van der Waals surface area contributed by atoms with E-state index in [0.717, 1.165) is 32.1 Å². The maximum atomic E-state index is 13.3. The summed E-state index contributed by atoms with van der Waals surface area (Å²) in [6, 6.07) is 2.86. The number of esters is 2. The van der Waals surface area contributed by atoms with Crippen LogP contribution in [0, 0.1) is 11.8 Å². The Labute approximate surface area is 228 Å². The topological polar surface area (TPSA) is 168 Å². The van der Waals surface area contributed by atoms with Crippen LogP contribution in [-0.4, -0.2) is 58.7 Å². The molecule has 5 unspecified atom stereocenters. The van der Waals surface area contributed by atoms with Gasteiger partial charge in [-0.25, -0.2) is 4.79 Å². The number of phenols is 1. The molecular formula is C28H40N2O9. The van der Waals surface area contributed by atoms with Gasteiger partial charge in [-0.15, -0.1) is 0 Å². The molecule has 1 aliphatic rings. The summed E-state index contributed by atoms with van der Waals surface area (Å²) in [4.78, 5) is 61.1. The fraction of sp³-hybridized carbons (Fsp3) is 0.607. The van der Waals surface area contributed by atoms with Crippen LogP contribution in [0.15, 0.2) is 18.2 Å². The number of carbonyl (C=O) groups is 5. The maximum Gasteiger partial charge on any atom is 0.332 e. The molecule has 0 aromatic heterocycles. The van der Waals surface area contributed by atoms with Gasteiger partial charge < -0.3 is 30.3 Å². The van der Waals surface area contributed by atoms with Gasteiger partial charge in [0, 0.05) is 12.3 Å². The number of phenolic OH excluding ortho intramolecular Hbond substituents is 1. The van der Waals surface area contributed by atoms with Gasteiger partial charge in [0.2, 0.25) is 6.41 Å². The number of benzene rings is 1. The number of carboxylic acid groups (broad SMARTS) is 1. The van der Waals surface area contributed by atoms with Crippen LogP contribution in [0.25, 0.3) is 0 Å². The summed E-state index contributed by atoms with van der Waals surface area (Å²) < 4.78 is 11.5. The van der Waals surface area contributed by atoms with Gasteiger partial charge in [-0.2, -0.15) is 0 Å². The summed E-state index contributed by atoms with van der Waals surface area (Å²) in [6.07, 6.45) is 4.47. The summed E-state index contributed by atoms with van der Waals surface area (Å²) >= 11 is 0. The highest BCUT2D eigenvalue weighted by atomic mass is 16.6. The summed E-state index contributed by atoms with van der Waals surface area (Å²) in [6.45, 7) is 5.25. The van der Waals surface area contributed by atoms with Crippen molar-refractivity contribution in [2.45, 2.75) is 96.8 Å². The van der Waals surface area contributed by atoms with E-state index >= 15 is 0 Å². The van der Waals surface area contributed by atoms with Crippen molar-refractivity contribution in [2.24, 2.45) is 11.8 Å². The fourth-order valence-electron chi connectivity index (χ4n) is 4.88. The lowest BCUT2D eigenvalue weighted by Crippen LogP contribution is -2.50. The van der Waals surface area contributed by atoms with E-state index < -0.39 is 53.7 Å². The van der Waals surface area contributed by atoms with Gasteiger partial charge in [-0.05, 0) is 45.2 Å². The Bertz CT molecular complexity index is 1010. The average Bonchev–Trinajstić information content (AvgIpc) is 2.90. The second-order valence-corrected chi connectivity index (χ2v) is 9.96. The van der Waals surface area contributed by atoms with Crippen LogP contribution in [-0.2, 0) is 28.7 Å². The quantitative estimate of drug-likeness (QED) is 0.117. The molecule has 0 saturated carbocycles. The Kier molecular flexibility index (Phi) is 12.7. The van der Waals surface area contributed by atoms with Crippen molar-refractivity contribution in [1.29, 1.82) is 0 Å².